The second kappa shape index (κ2) is 6.52. The summed E-state index contributed by atoms with van der Waals surface area (Å²) >= 11 is 0. The Kier molecular flexibility index (Phi) is 4.94. The summed E-state index contributed by atoms with van der Waals surface area (Å²) in [6.45, 7) is 2.96. The van der Waals surface area contributed by atoms with Crippen LogP contribution in [0.1, 0.15) is 24.6 Å². The number of rotatable bonds is 5. The number of nitrogens with one attached hydrogen (secondary N) is 1. The summed E-state index contributed by atoms with van der Waals surface area (Å²) in [6, 6.07) is 0. The number of aromatic nitrogens is 2. The number of nitrogens with zero attached hydrogens (tertiary/aromatic N) is 3. The molecule has 1 aromatic heterocycles. The van der Waals surface area contributed by atoms with Crippen molar-refractivity contribution >= 4 is 15.9 Å². The van der Waals surface area contributed by atoms with Crippen LogP contribution in [-0.2, 0) is 21.2 Å². The van der Waals surface area contributed by atoms with Crippen LogP contribution in [0.2, 0.25) is 0 Å². The number of aryl methyl sites for hydroxylation is 1. The van der Waals surface area contributed by atoms with E-state index in [0.29, 0.717) is 50.7 Å². The van der Waals surface area contributed by atoms with Gasteiger partial charge in [-0.3, -0.25) is 4.79 Å². The second-order valence-electron chi connectivity index (χ2n) is 5.19. The number of carbonyl (C=O) groups is 1. The molecule has 0 bridgehead atoms. The average molecular weight is 316 g/mol. The fourth-order valence-corrected chi connectivity index (χ4v) is 3.20. The predicted molar refractivity (Wildman–Crippen MR) is 74.9 cm³/mol. The minimum absolute atomic E-state index is 0.0422. The van der Waals surface area contributed by atoms with Gasteiger partial charge in [-0.1, -0.05) is 0 Å². The summed E-state index contributed by atoms with van der Waals surface area (Å²) in [6.07, 6.45) is 2.80. The quantitative estimate of drug-likeness (QED) is 0.800. The molecule has 21 heavy (non-hydrogen) atoms. The van der Waals surface area contributed by atoms with E-state index < -0.39 is 10.0 Å². The van der Waals surface area contributed by atoms with Crippen molar-refractivity contribution in [2.45, 2.75) is 26.2 Å². The number of hydrogen-bond donors (Lipinski definition) is 1. The van der Waals surface area contributed by atoms with Gasteiger partial charge in [-0.05, 0) is 12.8 Å². The number of piperidine rings is 1. The van der Waals surface area contributed by atoms with E-state index >= 15 is 0 Å². The smallest absolute Gasteiger partial charge is 0.223 e. The van der Waals surface area contributed by atoms with Crippen molar-refractivity contribution in [3.8, 4) is 0 Å². The summed E-state index contributed by atoms with van der Waals surface area (Å²) in [7, 11) is -3.15. The molecule has 1 amide bonds. The Morgan fingerprint density at radius 2 is 2.05 bits per heavy atom. The third-order valence-corrected chi connectivity index (χ3v) is 4.80. The first kappa shape index (κ1) is 15.9. The molecule has 1 fully saturated rings. The molecule has 1 aliphatic heterocycles. The van der Waals surface area contributed by atoms with E-state index in [9.17, 15) is 13.2 Å². The van der Waals surface area contributed by atoms with Crippen LogP contribution in [0.4, 0.5) is 0 Å². The Morgan fingerprint density at radius 1 is 1.38 bits per heavy atom. The zero-order valence-electron chi connectivity index (χ0n) is 12.2. The molecule has 1 aliphatic rings. The van der Waals surface area contributed by atoms with E-state index in [0.717, 1.165) is 0 Å². The van der Waals surface area contributed by atoms with E-state index in [1.165, 1.54) is 10.6 Å². The van der Waals surface area contributed by atoms with Gasteiger partial charge in [-0.15, -0.1) is 10.2 Å². The van der Waals surface area contributed by atoms with Crippen LogP contribution in [0.15, 0.2) is 4.42 Å². The molecule has 118 valence electrons. The van der Waals surface area contributed by atoms with Crippen LogP contribution in [0.5, 0.6) is 0 Å². The molecule has 1 saturated heterocycles. The summed E-state index contributed by atoms with van der Waals surface area (Å²) < 4.78 is 29.4. The van der Waals surface area contributed by atoms with Gasteiger partial charge in [0.05, 0.1) is 6.26 Å². The molecular weight excluding hydrogens is 296 g/mol. The fourth-order valence-electron chi connectivity index (χ4n) is 2.33. The SMILES string of the molecule is Cc1nnc(CCNC(=O)C2CCN(S(C)(=O)=O)CC2)o1. The highest BCUT2D eigenvalue weighted by Gasteiger charge is 2.28. The van der Waals surface area contributed by atoms with Gasteiger partial charge in [0.2, 0.25) is 27.7 Å². The topological polar surface area (TPSA) is 105 Å². The molecule has 9 heteroatoms. The van der Waals surface area contributed by atoms with Crippen LogP contribution in [0.3, 0.4) is 0 Å². The average Bonchev–Trinajstić information content (AvgIpc) is 2.83. The van der Waals surface area contributed by atoms with Crippen LogP contribution >= 0.6 is 0 Å². The van der Waals surface area contributed by atoms with E-state index in [4.69, 9.17) is 4.42 Å². The zero-order chi connectivity index (χ0) is 15.5. The summed E-state index contributed by atoms with van der Waals surface area (Å²) in [5, 5.41) is 10.4. The van der Waals surface area contributed by atoms with Gasteiger partial charge in [0.15, 0.2) is 0 Å². The molecule has 0 saturated carbocycles. The van der Waals surface area contributed by atoms with Gasteiger partial charge < -0.3 is 9.73 Å². The molecule has 1 aromatic rings. The van der Waals surface area contributed by atoms with Gasteiger partial charge in [0.1, 0.15) is 0 Å². The lowest BCUT2D eigenvalue weighted by atomic mass is 9.97. The molecule has 0 unspecified atom stereocenters. The molecule has 0 spiro atoms. The van der Waals surface area contributed by atoms with Crippen molar-refractivity contribution in [1.29, 1.82) is 0 Å². The Balaban J connectivity index is 1.72. The first-order valence-corrected chi connectivity index (χ1v) is 8.73. The number of carbonyl (C=O) groups excluding carboxylic acids is 1. The van der Waals surface area contributed by atoms with Gasteiger partial charge in [0.25, 0.3) is 0 Å². The molecule has 1 N–H and O–H groups in total. The first-order valence-electron chi connectivity index (χ1n) is 6.88. The van der Waals surface area contributed by atoms with Crippen molar-refractivity contribution in [2.75, 3.05) is 25.9 Å². The van der Waals surface area contributed by atoms with Crippen molar-refractivity contribution in [2.24, 2.45) is 5.92 Å². The van der Waals surface area contributed by atoms with Crippen molar-refractivity contribution in [3.63, 3.8) is 0 Å². The van der Waals surface area contributed by atoms with Crippen molar-refractivity contribution < 1.29 is 17.6 Å². The normalized spacial score (nSPS) is 17.8. The lowest BCUT2D eigenvalue weighted by Crippen LogP contribution is -2.42. The van der Waals surface area contributed by atoms with Gasteiger partial charge in [-0.25, -0.2) is 12.7 Å². The van der Waals surface area contributed by atoms with E-state index in [-0.39, 0.29) is 11.8 Å². The zero-order valence-corrected chi connectivity index (χ0v) is 13.0. The number of sulfonamides is 1. The maximum atomic E-state index is 12.0. The number of hydrogen-bond acceptors (Lipinski definition) is 6. The Hall–Kier alpha value is -1.48. The molecule has 0 aromatic carbocycles. The summed E-state index contributed by atoms with van der Waals surface area (Å²) in [5.41, 5.74) is 0. The lowest BCUT2D eigenvalue weighted by Gasteiger charge is -2.29. The summed E-state index contributed by atoms with van der Waals surface area (Å²) in [4.78, 5) is 12.0. The molecule has 8 nitrogen and oxygen atoms in total. The monoisotopic (exact) mass is 316 g/mol. The van der Waals surface area contributed by atoms with Crippen LogP contribution in [0.25, 0.3) is 0 Å². The van der Waals surface area contributed by atoms with E-state index in [1.807, 2.05) is 0 Å². The van der Waals surface area contributed by atoms with Gasteiger partial charge in [-0.2, -0.15) is 0 Å². The minimum atomic E-state index is -3.15. The standard InChI is InChI=1S/C12H20N4O4S/c1-9-14-15-11(20-9)3-6-13-12(17)10-4-7-16(8-5-10)21(2,18)19/h10H,3-8H2,1-2H3,(H,13,17). The third-order valence-electron chi connectivity index (χ3n) is 3.50. The predicted octanol–water partition coefficient (Wildman–Crippen LogP) is -0.292. The fraction of sp³-hybridized carbons (Fsp3) is 0.750. The molecular formula is C12H20N4O4S. The van der Waals surface area contributed by atoms with Gasteiger partial charge >= 0.3 is 0 Å². The summed E-state index contributed by atoms with van der Waals surface area (Å²) in [5.74, 6) is 0.830. The minimum Gasteiger partial charge on any atom is -0.426 e. The van der Waals surface area contributed by atoms with Crippen LogP contribution in [-0.4, -0.2) is 54.7 Å². The largest absolute Gasteiger partial charge is 0.426 e. The lowest BCUT2D eigenvalue weighted by molar-refractivity contribution is -0.126. The number of amides is 1. The Labute approximate surface area is 124 Å². The van der Waals surface area contributed by atoms with Crippen LogP contribution in [0, 0.1) is 12.8 Å². The maximum absolute atomic E-state index is 12.0. The molecule has 2 heterocycles. The second-order valence-corrected chi connectivity index (χ2v) is 7.17. The Bertz CT molecular complexity index is 590. The highest BCUT2D eigenvalue weighted by atomic mass is 32.2. The van der Waals surface area contributed by atoms with E-state index in [1.54, 1.807) is 6.92 Å². The Morgan fingerprint density at radius 3 is 2.57 bits per heavy atom. The highest BCUT2D eigenvalue weighted by Crippen LogP contribution is 2.19. The third kappa shape index (κ3) is 4.50. The molecule has 2 rings (SSSR count). The van der Waals surface area contributed by atoms with Gasteiger partial charge in [0, 0.05) is 38.9 Å². The van der Waals surface area contributed by atoms with Crippen molar-refractivity contribution in [3.05, 3.63) is 11.8 Å². The van der Waals surface area contributed by atoms with Crippen molar-refractivity contribution in [1.82, 2.24) is 19.8 Å². The maximum Gasteiger partial charge on any atom is 0.223 e. The molecule has 0 atom stereocenters. The highest BCUT2D eigenvalue weighted by molar-refractivity contribution is 7.88. The first-order chi connectivity index (χ1) is 9.86. The van der Waals surface area contributed by atoms with Crippen LogP contribution < -0.4 is 5.32 Å². The molecule has 0 radical (unpaired) electrons. The molecule has 0 aliphatic carbocycles. The van der Waals surface area contributed by atoms with E-state index in [2.05, 4.69) is 15.5 Å².